The van der Waals surface area contributed by atoms with Gasteiger partial charge in [-0.25, -0.2) is 4.79 Å². The van der Waals surface area contributed by atoms with Crippen molar-refractivity contribution >= 4 is 11.9 Å². The summed E-state index contributed by atoms with van der Waals surface area (Å²) in [6, 6.07) is 3.64. The third-order valence-corrected chi connectivity index (χ3v) is 5.13. The SMILES string of the molecule is CNC(=O)N1CCC(C2CCN(C(=O)c3cccnc3)C2)CC1. The lowest BCUT2D eigenvalue weighted by Crippen LogP contribution is -2.44. The molecule has 3 heterocycles. The summed E-state index contributed by atoms with van der Waals surface area (Å²) in [7, 11) is 1.67. The van der Waals surface area contributed by atoms with Gasteiger partial charge in [0.1, 0.15) is 0 Å². The number of hydrogen-bond acceptors (Lipinski definition) is 3. The second kappa shape index (κ2) is 6.98. The van der Waals surface area contributed by atoms with Crippen LogP contribution in [-0.4, -0.2) is 59.9 Å². The fourth-order valence-electron chi connectivity index (χ4n) is 3.76. The largest absolute Gasteiger partial charge is 0.341 e. The summed E-state index contributed by atoms with van der Waals surface area (Å²) in [5.41, 5.74) is 0.669. The van der Waals surface area contributed by atoms with Gasteiger partial charge < -0.3 is 15.1 Å². The number of amides is 3. The van der Waals surface area contributed by atoms with Crippen molar-refractivity contribution in [3.05, 3.63) is 30.1 Å². The molecule has 0 aromatic carbocycles. The average molecular weight is 316 g/mol. The topological polar surface area (TPSA) is 65.5 Å². The zero-order chi connectivity index (χ0) is 16.2. The molecule has 0 aliphatic carbocycles. The van der Waals surface area contributed by atoms with Gasteiger partial charge in [-0.15, -0.1) is 0 Å². The van der Waals surface area contributed by atoms with Gasteiger partial charge >= 0.3 is 6.03 Å². The Morgan fingerprint density at radius 3 is 2.48 bits per heavy atom. The first-order valence-corrected chi connectivity index (χ1v) is 8.35. The minimum atomic E-state index is 0.0169. The molecule has 0 spiro atoms. The van der Waals surface area contributed by atoms with E-state index in [2.05, 4.69) is 10.3 Å². The van der Waals surface area contributed by atoms with Gasteiger partial charge in [0, 0.05) is 45.6 Å². The van der Waals surface area contributed by atoms with Crippen molar-refractivity contribution < 1.29 is 9.59 Å². The first kappa shape index (κ1) is 15.8. The van der Waals surface area contributed by atoms with Gasteiger partial charge in [-0.3, -0.25) is 9.78 Å². The lowest BCUT2D eigenvalue weighted by atomic mass is 9.84. The molecule has 1 aromatic heterocycles. The molecule has 1 atom stereocenters. The Balaban J connectivity index is 1.53. The zero-order valence-electron chi connectivity index (χ0n) is 13.6. The van der Waals surface area contributed by atoms with Crippen molar-refractivity contribution in [3.8, 4) is 0 Å². The Bertz CT molecular complexity index is 555. The normalized spacial score (nSPS) is 22.2. The highest BCUT2D eigenvalue weighted by Gasteiger charge is 2.34. The third kappa shape index (κ3) is 3.46. The van der Waals surface area contributed by atoms with Gasteiger partial charge in [-0.05, 0) is 43.2 Å². The van der Waals surface area contributed by atoms with E-state index in [4.69, 9.17) is 0 Å². The number of hydrogen-bond donors (Lipinski definition) is 1. The molecule has 2 aliphatic heterocycles. The van der Waals surface area contributed by atoms with Gasteiger partial charge in [-0.1, -0.05) is 0 Å². The summed E-state index contributed by atoms with van der Waals surface area (Å²) < 4.78 is 0. The molecule has 1 aromatic rings. The summed E-state index contributed by atoms with van der Waals surface area (Å²) in [6.45, 7) is 3.29. The van der Waals surface area contributed by atoms with E-state index in [1.807, 2.05) is 15.9 Å². The van der Waals surface area contributed by atoms with E-state index in [9.17, 15) is 9.59 Å². The summed E-state index contributed by atoms with van der Waals surface area (Å²) in [6.07, 6.45) is 6.46. The minimum absolute atomic E-state index is 0.0169. The summed E-state index contributed by atoms with van der Waals surface area (Å²) in [5.74, 6) is 1.26. The van der Waals surface area contributed by atoms with Crippen LogP contribution in [0.15, 0.2) is 24.5 Å². The molecule has 2 fully saturated rings. The molecule has 2 saturated heterocycles. The van der Waals surface area contributed by atoms with E-state index < -0.39 is 0 Å². The number of aromatic nitrogens is 1. The number of carbonyl (C=O) groups is 2. The van der Waals surface area contributed by atoms with Gasteiger partial charge in [-0.2, -0.15) is 0 Å². The van der Waals surface area contributed by atoms with Crippen molar-refractivity contribution in [1.82, 2.24) is 20.1 Å². The Kier molecular flexibility index (Phi) is 4.79. The predicted molar refractivity (Wildman–Crippen MR) is 87.0 cm³/mol. The second-order valence-electron chi connectivity index (χ2n) is 6.42. The number of pyridine rings is 1. The maximum Gasteiger partial charge on any atom is 0.317 e. The number of piperidine rings is 1. The van der Waals surface area contributed by atoms with Crippen molar-refractivity contribution in [1.29, 1.82) is 0 Å². The van der Waals surface area contributed by atoms with Gasteiger partial charge in [0.15, 0.2) is 0 Å². The predicted octanol–water partition coefficient (Wildman–Crippen LogP) is 1.60. The quantitative estimate of drug-likeness (QED) is 0.901. The van der Waals surface area contributed by atoms with E-state index in [-0.39, 0.29) is 11.9 Å². The Labute approximate surface area is 136 Å². The maximum atomic E-state index is 12.5. The smallest absolute Gasteiger partial charge is 0.317 e. The van der Waals surface area contributed by atoms with Gasteiger partial charge in [0.2, 0.25) is 0 Å². The summed E-state index contributed by atoms with van der Waals surface area (Å²) in [4.78, 5) is 32.0. The molecular weight excluding hydrogens is 292 g/mol. The summed E-state index contributed by atoms with van der Waals surface area (Å²) in [5, 5.41) is 2.69. The van der Waals surface area contributed by atoms with Crippen LogP contribution in [0.2, 0.25) is 0 Å². The molecule has 1 unspecified atom stereocenters. The van der Waals surface area contributed by atoms with Gasteiger partial charge in [0.05, 0.1) is 5.56 Å². The van der Waals surface area contributed by atoms with Crippen LogP contribution in [0.25, 0.3) is 0 Å². The number of nitrogens with one attached hydrogen (secondary N) is 1. The van der Waals surface area contributed by atoms with E-state index in [1.165, 1.54) is 0 Å². The van der Waals surface area contributed by atoms with Gasteiger partial charge in [0.25, 0.3) is 5.91 Å². The van der Waals surface area contributed by atoms with Crippen LogP contribution >= 0.6 is 0 Å². The monoisotopic (exact) mass is 316 g/mol. The number of carbonyl (C=O) groups excluding carboxylic acids is 2. The van der Waals surface area contributed by atoms with Crippen molar-refractivity contribution in [2.45, 2.75) is 19.3 Å². The highest BCUT2D eigenvalue weighted by atomic mass is 16.2. The fraction of sp³-hybridized carbons (Fsp3) is 0.588. The number of likely N-dealkylation sites (tertiary alicyclic amines) is 2. The van der Waals surface area contributed by atoms with E-state index in [0.29, 0.717) is 17.4 Å². The number of nitrogens with zero attached hydrogens (tertiary/aromatic N) is 3. The third-order valence-electron chi connectivity index (χ3n) is 5.13. The van der Waals surface area contributed by atoms with Crippen molar-refractivity contribution in [2.24, 2.45) is 11.8 Å². The minimum Gasteiger partial charge on any atom is -0.341 e. The molecule has 3 rings (SSSR count). The Morgan fingerprint density at radius 2 is 1.83 bits per heavy atom. The lowest BCUT2D eigenvalue weighted by Gasteiger charge is -2.34. The Morgan fingerprint density at radius 1 is 1.13 bits per heavy atom. The van der Waals surface area contributed by atoms with Crippen LogP contribution in [-0.2, 0) is 0 Å². The molecule has 6 heteroatoms. The van der Waals surface area contributed by atoms with Crippen LogP contribution in [0.4, 0.5) is 4.79 Å². The molecule has 0 bridgehead atoms. The van der Waals surface area contributed by atoms with Crippen molar-refractivity contribution in [2.75, 3.05) is 33.2 Å². The van der Waals surface area contributed by atoms with Crippen LogP contribution in [0, 0.1) is 11.8 Å². The molecular formula is C17H24N4O2. The van der Waals surface area contributed by atoms with Crippen LogP contribution < -0.4 is 5.32 Å². The molecule has 0 saturated carbocycles. The summed E-state index contributed by atoms with van der Waals surface area (Å²) >= 11 is 0. The highest BCUT2D eigenvalue weighted by Crippen LogP contribution is 2.32. The van der Waals surface area contributed by atoms with E-state index in [1.54, 1.807) is 25.5 Å². The second-order valence-corrected chi connectivity index (χ2v) is 6.42. The maximum absolute atomic E-state index is 12.5. The molecule has 23 heavy (non-hydrogen) atoms. The first-order valence-electron chi connectivity index (χ1n) is 8.35. The molecule has 6 nitrogen and oxygen atoms in total. The molecule has 124 valence electrons. The first-order chi connectivity index (χ1) is 11.2. The number of rotatable bonds is 2. The molecule has 2 aliphatic rings. The van der Waals surface area contributed by atoms with E-state index >= 15 is 0 Å². The molecule has 3 amide bonds. The Hall–Kier alpha value is -2.11. The van der Waals surface area contributed by atoms with Crippen LogP contribution in [0.1, 0.15) is 29.6 Å². The van der Waals surface area contributed by atoms with Crippen LogP contribution in [0.5, 0.6) is 0 Å². The number of urea groups is 1. The lowest BCUT2D eigenvalue weighted by molar-refractivity contribution is 0.0776. The van der Waals surface area contributed by atoms with E-state index in [0.717, 1.165) is 45.4 Å². The molecule has 1 N–H and O–H groups in total. The molecule has 0 radical (unpaired) electrons. The standard InChI is InChI=1S/C17H24N4O2/c1-18-17(23)20-8-4-13(5-9-20)15-6-10-21(12-15)16(22)14-3-2-7-19-11-14/h2-3,7,11,13,15H,4-6,8-10,12H2,1H3,(H,18,23). The van der Waals surface area contributed by atoms with Crippen LogP contribution in [0.3, 0.4) is 0 Å². The highest BCUT2D eigenvalue weighted by molar-refractivity contribution is 5.94. The average Bonchev–Trinajstić information content (AvgIpc) is 3.11. The van der Waals surface area contributed by atoms with Crippen molar-refractivity contribution in [3.63, 3.8) is 0 Å². The zero-order valence-corrected chi connectivity index (χ0v) is 13.6. The fourth-order valence-corrected chi connectivity index (χ4v) is 3.76.